The highest BCUT2D eigenvalue weighted by Crippen LogP contribution is 2.18. The van der Waals surface area contributed by atoms with Crippen LogP contribution in [0.2, 0.25) is 0 Å². The molecule has 6 heteroatoms. The average molecular weight is 278 g/mol. The van der Waals surface area contributed by atoms with Gasteiger partial charge in [-0.25, -0.2) is 4.98 Å². The van der Waals surface area contributed by atoms with Crippen molar-refractivity contribution < 1.29 is 4.52 Å². The van der Waals surface area contributed by atoms with Crippen LogP contribution < -0.4 is 5.32 Å². The molecule has 0 aromatic carbocycles. The molecule has 102 valence electrons. The Morgan fingerprint density at radius 3 is 2.95 bits per heavy atom. The van der Waals surface area contributed by atoms with E-state index in [0.29, 0.717) is 12.3 Å². The third-order valence-corrected chi connectivity index (χ3v) is 4.37. The van der Waals surface area contributed by atoms with Crippen molar-refractivity contribution in [1.29, 1.82) is 0 Å². The SMILES string of the molecule is Cc1csc(Cc2noc(CC3CCNCC3)n2)n1. The van der Waals surface area contributed by atoms with E-state index in [0.717, 1.165) is 41.9 Å². The van der Waals surface area contributed by atoms with Gasteiger partial charge in [0.25, 0.3) is 0 Å². The molecule has 1 fully saturated rings. The van der Waals surface area contributed by atoms with Crippen molar-refractivity contribution in [3.05, 3.63) is 27.8 Å². The topological polar surface area (TPSA) is 63.8 Å². The molecular weight excluding hydrogens is 260 g/mol. The Morgan fingerprint density at radius 1 is 1.37 bits per heavy atom. The molecule has 3 heterocycles. The zero-order valence-electron chi connectivity index (χ0n) is 11.1. The third kappa shape index (κ3) is 3.39. The fourth-order valence-corrected chi connectivity index (χ4v) is 3.17. The third-order valence-electron chi connectivity index (χ3n) is 3.41. The van der Waals surface area contributed by atoms with Crippen LogP contribution in [0.1, 0.15) is 35.3 Å². The van der Waals surface area contributed by atoms with Crippen molar-refractivity contribution in [3.63, 3.8) is 0 Å². The van der Waals surface area contributed by atoms with Crippen molar-refractivity contribution in [3.8, 4) is 0 Å². The summed E-state index contributed by atoms with van der Waals surface area (Å²) in [6, 6.07) is 0. The zero-order valence-corrected chi connectivity index (χ0v) is 11.9. The summed E-state index contributed by atoms with van der Waals surface area (Å²) in [6.45, 7) is 4.20. The van der Waals surface area contributed by atoms with E-state index in [-0.39, 0.29) is 0 Å². The van der Waals surface area contributed by atoms with Gasteiger partial charge in [0, 0.05) is 17.5 Å². The first-order chi connectivity index (χ1) is 9.29. The van der Waals surface area contributed by atoms with Gasteiger partial charge < -0.3 is 9.84 Å². The van der Waals surface area contributed by atoms with E-state index < -0.39 is 0 Å². The minimum atomic E-state index is 0.675. The highest BCUT2D eigenvalue weighted by Gasteiger charge is 2.17. The lowest BCUT2D eigenvalue weighted by atomic mass is 9.95. The first-order valence-electron chi connectivity index (χ1n) is 6.73. The number of nitrogens with one attached hydrogen (secondary N) is 1. The smallest absolute Gasteiger partial charge is 0.226 e. The van der Waals surface area contributed by atoms with E-state index in [1.165, 1.54) is 12.8 Å². The molecule has 1 saturated heterocycles. The van der Waals surface area contributed by atoms with Gasteiger partial charge in [-0.2, -0.15) is 4.98 Å². The number of aryl methyl sites for hydroxylation is 1. The Kier molecular flexibility index (Phi) is 3.89. The second-order valence-electron chi connectivity index (χ2n) is 5.06. The van der Waals surface area contributed by atoms with Gasteiger partial charge in [-0.3, -0.25) is 0 Å². The molecule has 0 amide bonds. The van der Waals surface area contributed by atoms with Crippen LogP contribution in [0.15, 0.2) is 9.90 Å². The summed E-state index contributed by atoms with van der Waals surface area (Å²) >= 11 is 1.65. The fourth-order valence-electron chi connectivity index (χ4n) is 2.40. The number of hydrogen-bond acceptors (Lipinski definition) is 6. The van der Waals surface area contributed by atoms with Crippen LogP contribution in [0.4, 0.5) is 0 Å². The van der Waals surface area contributed by atoms with Crippen LogP contribution in [0.3, 0.4) is 0 Å². The van der Waals surface area contributed by atoms with Crippen LogP contribution in [0, 0.1) is 12.8 Å². The maximum atomic E-state index is 5.34. The lowest BCUT2D eigenvalue weighted by Gasteiger charge is -2.20. The molecule has 19 heavy (non-hydrogen) atoms. The molecule has 0 spiro atoms. The van der Waals surface area contributed by atoms with Crippen LogP contribution in [0.5, 0.6) is 0 Å². The van der Waals surface area contributed by atoms with Gasteiger partial charge in [-0.15, -0.1) is 11.3 Å². The summed E-state index contributed by atoms with van der Waals surface area (Å²) in [7, 11) is 0. The zero-order chi connectivity index (χ0) is 13.1. The highest BCUT2D eigenvalue weighted by molar-refractivity contribution is 7.09. The van der Waals surface area contributed by atoms with Crippen LogP contribution in [0.25, 0.3) is 0 Å². The summed E-state index contributed by atoms with van der Waals surface area (Å²) in [5.41, 5.74) is 1.05. The van der Waals surface area contributed by atoms with Gasteiger partial charge in [-0.1, -0.05) is 5.16 Å². The maximum absolute atomic E-state index is 5.34. The van der Waals surface area contributed by atoms with Crippen molar-refractivity contribution in [1.82, 2.24) is 20.4 Å². The van der Waals surface area contributed by atoms with E-state index in [4.69, 9.17) is 4.52 Å². The first-order valence-corrected chi connectivity index (χ1v) is 7.61. The van der Waals surface area contributed by atoms with Gasteiger partial charge in [0.05, 0.1) is 6.42 Å². The minimum Gasteiger partial charge on any atom is -0.339 e. The molecule has 0 bridgehead atoms. The fraction of sp³-hybridized carbons (Fsp3) is 0.615. The van der Waals surface area contributed by atoms with E-state index >= 15 is 0 Å². The standard InChI is InChI=1S/C13H18N4OS/c1-9-8-19-13(15-9)7-11-16-12(18-17-11)6-10-2-4-14-5-3-10/h8,10,14H,2-7H2,1H3. The average Bonchev–Trinajstić information content (AvgIpc) is 3.01. The maximum Gasteiger partial charge on any atom is 0.226 e. The molecule has 2 aromatic rings. The molecule has 0 unspecified atom stereocenters. The molecule has 2 aromatic heterocycles. The summed E-state index contributed by atoms with van der Waals surface area (Å²) in [4.78, 5) is 8.90. The summed E-state index contributed by atoms with van der Waals surface area (Å²) in [5, 5.41) is 10.5. The van der Waals surface area contributed by atoms with E-state index in [2.05, 4.69) is 20.4 Å². The summed E-state index contributed by atoms with van der Waals surface area (Å²) < 4.78 is 5.34. The monoisotopic (exact) mass is 278 g/mol. The second kappa shape index (κ2) is 5.79. The lowest BCUT2D eigenvalue weighted by molar-refractivity contribution is 0.312. The molecule has 5 nitrogen and oxygen atoms in total. The Bertz CT molecular complexity index is 530. The minimum absolute atomic E-state index is 0.675. The Labute approximate surface area is 116 Å². The van der Waals surface area contributed by atoms with E-state index in [1.54, 1.807) is 11.3 Å². The highest BCUT2D eigenvalue weighted by atomic mass is 32.1. The molecule has 0 atom stereocenters. The van der Waals surface area contributed by atoms with Crippen molar-refractivity contribution >= 4 is 11.3 Å². The quantitative estimate of drug-likeness (QED) is 0.926. The van der Waals surface area contributed by atoms with Crippen LogP contribution in [-0.2, 0) is 12.8 Å². The van der Waals surface area contributed by atoms with E-state index in [9.17, 15) is 0 Å². The second-order valence-corrected chi connectivity index (χ2v) is 6.00. The Hall–Kier alpha value is -1.27. The molecule has 1 N–H and O–H groups in total. The molecule has 3 rings (SSSR count). The molecule has 0 radical (unpaired) electrons. The van der Waals surface area contributed by atoms with Crippen LogP contribution >= 0.6 is 11.3 Å². The Balaban J connectivity index is 1.59. The first kappa shape index (κ1) is 12.7. The molecule has 1 aliphatic rings. The van der Waals surface area contributed by atoms with Crippen molar-refractivity contribution in [2.24, 2.45) is 5.92 Å². The van der Waals surface area contributed by atoms with Gasteiger partial charge in [0.2, 0.25) is 5.89 Å². The number of hydrogen-bond donors (Lipinski definition) is 1. The van der Waals surface area contributed by atoms with Crippen molar-refractivity contribution in [2.45, 2.75) is 32.6 Å². The van der Waals surface area contributed by atoms with Gasteiger partial charge in [-0.05, 0) is 38.8 Å². The predicted octanol–water partition coefficient (Wildman–Crippen LogP) is 1.97. The molecule has 0 aliphatic carbocycles. The number of thiazole rings is 1. The molecular formula is C13H18N4OS. The van der Waals surface area contributed by atoms with Gasteiger partial charge in [0.1, 0.15) is 5.01 Å². The van der Waals surface area contributed by atoms with Gasteiger partial charge in [0.15, 0.2) is 5.82 Å². The molecule has 1 aliphatic heterocycles. The van der Waals surface area contributed by atoms with Gasteiger partial charge >= 0.3 is 0 Å². The number of aromatic nitrogens is 3. The largest absolute Gasteiger partial charge is 0.339 e. The lowest BCUT2D eigenvalue weighted by Crippen LogP contribution is -2.28. The summed E-state index contributed by atoms with van der Waals surface area (Å²) in [5.74, 6) is 2.20. The molecule has 0 saturated carbocycles. The summed E-state index contributed by atoms with van der Waals surface area (Å²) in [6.07, 6.45) is 3.98. The van der Waals surface area contributed by atoms with E-state index in [1.807, 2.05) is 12.3 Å². The predicted molar refractivity (Wildman–Crippen MR) is 73.3 cm³/mol. The Morgan fingerprint density at radius 2 is 2.21 bits per heavy atom. The van der Waals surface area contributed by atoms with Crippen molar-refractivity contribution in [2.75, 3.05) is 13.1 Å². The number of piperidine rings is 1. The number of rotatable bonds is 4. The number of nitrogens with zero attached hydrogens (tertiary/aromatic N) is 3. The van der Waals surface area contributed by atoms with Crippen LogP contribution in [-0.4, -0.2) is 28.2 Å². The normalized spacial score (nSPS) is 16.9.